The van der Waals surface area contributed by atoms with Gasteiger partial charge in [0.05, 0.1) is 0 Å². The van der Waals surface area contributed by atoms with Gasteiger partial charge in [-0.1, -0.05) is 0 Å². The van der Waals surface area contributed by atoms with Crippen LogP contribution in [0.5, 0.6) is 0 Å². The van der Waals surface area contributed by atoms with E-state index in [0.717, 1.165) is 43.8 Å². The first-order valence-electron chi connectivity index (χ1n) is 6.94. The van der Waals surface area contributed by atoms with E-state index in [-0.39, 0.29) is 0 Å². The lowest BCUT2D eigenvalue weighted by Gasteiger charge is -2.17. The molecule has 0 unspecified atom stereocenters. The second-order valence-electron chi connectivity index (χ2n) is 5.14. The molecule has 1 saturated heterocycles. The van der Waals surface area contributed by atoms with Crippen molar-refractivity contribution in [3.05, 3.63) is 41.6 Å². The Morgan fingerprint density at radius 2 is 1.81 bits per heavy atom. The van der Waals surface area contributed by atoms with Crippen LogP contribution < -0.4 is 10.2 Å². The van der Waals surface area contributed by atoms with Gasteiger partial charge in [-0.3, -0.25) is 0 Å². The second-order valence-corrected chi connectivity index (χ2v) is 5.14. The maximum atomic E-state index is 13.2. The smallest absolute Gasteiger partial charge is 0.227 e. The lowest BCUT2D eigenvalue weighted by atomic mass is 10.3. The summed E-state index contributed by atoms with van der Waals surface area (Å²) in [6.07, 6.45) is 2.28. The average molecular weight is 290 g/mol. The van der Waals surface area contributed by atoms with Crippen LogP contribution >= 0.6 is 0 Å². The fraction of sp³-hybridized carbons (Fsp3) is 0.333. The zero-order chi connectivity index (χ0) is 14.8. The molecule has 0 radical (unpaired) electrons. The summed E-state index contributed by atoms with van der Waals surface area (Å²) in [7, 11) is 0. The summed E-state index contributed by atoms with van der Waals surface area (Å²) in [5.41, 5.74) is 1.29. The van der Waals surface area contributed by atoms with Gasteiger partial charge in [0.15, 0.2) is 11.6 Å². The predicted octanol–water partition coefficient (Wildman–Crippen LogP) is 3.41. The summed E-state index contributed by atoms with van der Waals surface area (Å²) < 4.78 is 26.2. The number of hydrogen-bond donors (Lipinski definition) is 1. The highest BCUT2D eigenvalue weighted by Crippen LogP contribution is 2.22. The van der Waals surface area contributed by atoms with Gasteiger partial charge in [0.25, 0.3) is 0 Å². The normalized spacial score (nSPS) is 14.5. The first-order chi connectivity index (χ1) is 10.1. The Kier molecular flexibility index (Phi) is 3.68. The number of nitrogens with zero attached hydrogens (tertiary/aromatic N) is 3. The van der Waals surface area contributed by atoms with Gasteiger partial charge in [0, 0.05) is 36.6 Å². The fourth-order valence-corrected chi connectivity index (χ4v) is 2.40. The number of nitrogens with one attached hydrogen (secondary N) is 1. The molecule has 6 heteroatoms. The van der Waals surface area contributed by atoms with E-state index >= 15 is 0 Å². The minimum atomic E-state index is -0.884. The van der Waals surface area contributed by atoms with Gasteiger partial charge in [-0.2, -0.15) is 4.98 Å². The molecule has 0 atom stereocenters. The molecule has 1 aromatic carbocycles. The van der Waals surface area contributed by atoms with Crippen molar-refractivity contribution in [3.8, 4) is 0 Å². The molecule has 110 valence electrons. The van der Waals surface area contributed by atoms with E-state index in [1.165, 1.54) is 6.07 Å². The molecule has 1 N–H and O–H groups in total. The van der Waals surface area contributed by atoms with E-state index in [0.29, 0.717) is 17.5 Å². The van der Waals surface area contributed by atoms with Gasteiger partial charge in [-0.25, -0.2) is 13.8 Å². The van der Waals surface area contributed by atoms with Gasteiger partial charge in [-0.05, 0) is 31.9 Å². The highest BCUT2D eigenvalue weighted by Gasteiger charge is 2.16. The van der Waals surface area contributed by atoms with Gasteiger partial charge < -0.3 is 10.2 Å². The summed E-state index contributed by atoms with van der Waals surface area (Å²) in [5, 5.41) is 2.99. The Hall–Kier alpha value is -2.24. The van der Waals surface area contributed by atoms with E-state index in [1.54, 1.807) is 6.07 Å². The number of hydrogen-bond acceptors (Lipinski definition) is 4. The molecule has 1 aromatic heterocycles. The Bertz CT molecular complexity index is 654. The molecule has 21 heavy (non-hydrogen) atoms. The van der Waals surface area contributed by atoms with Crippen molar-refractivity contribution in [2.75, 3.05) is 23.3 Å². The van der Waals surface area contributed by atoms with E-state index in [1.807, 2.05) is 6.92 Å². The molecule has 0 amide bonds. The second kappa shape index (κ2) is 5.63. The third-order valence-corrected chi connectivity index (χ3v) is 3.42. The van der Waals surface area contributed by atoms with Crippen LogP contribution in [0, 0.1) is 18.6 Å². The van der Waals surface area contributed by atoms with E-state index in [9.17, 15) is 8.78 Å². The van der Waals surface area contributed by atoms with Crippen LogP contribution in [0.4, 0.5) is 26.2 Å². The summed E-state index contributed by atoms with van der Waals surface area (Å²) in [6.45, 7) is 3.79. The number of anilines is 3. The summed E-state index contributed by atoms with van der Waals surface area (Å²) >= 11 is 0. The standard InChI is InChI=1S/C15H16F2N4/c1-10-8-14(19-11-4-5-12(16)13(17)9-11)20-15(18-10)21-6-2-3-7-21/h4-5,8-9H,2-3,6-7H2,1H3,(H,18,19,20). The molecule has 0 aliphatic carbocycles. The van der Waals surface area contributed by atoms with Crippen molar-refractivity contribution < 1.29 is 8.78 Å². The van der Waals surface area contributed by atoms with E-state index in [2.05, 4.69) is 20.2 Å². The van der Waals surface area contributed by atoms with E-state index in [4.69, 9.17) is 0 Å². The van der Waals surface area contributed by atoms with Crippen LogP contribution in [0.25, 0.3) is 0 Å². The SMILES string of the molecule is Cc1cc(Nc2ccc(F)c(F)c2)nc(N2CCCC2)n1. The molecule has 1 aliphatic rings. The average Bonchev–Trinajstić information content (AvgIpc) is 2.96. The van der Waals surface area contributed by atoms with Crippen LogP contribution in [-0.2, 0) is 0 Å². The molecule has 0 bridgehead atoms. The Balaban J connectivity index is 1.85. The van der Waals surface area contributed by atoms with Crippen LogP contribution in [-0.4, -0.2) is 23.1 Å². The van der Waals surface area contributed by atoms with Gasteiger partial charge in [0.2, 0.25) is 5.95 Å². The highest BCUT2D eigenvalue weighted by atomic mass is 19.2. The van der Waals surface area contributed by atoms with Crippen LogP contribution in [0.1, 0.15) is 18.5 Å². The Labute approximate surface area is 121 Å². The zero-order valence-corrected chi connectivity index (χ0v) is 11.7. The first kappa shape index (κ1) is 13.7. The molecule has 0 spiro atoms. The fourth-order valence-electron chi connectivity index (χ4n) is 2.40. The highest BCUT2D eigenvalue weighted by molar-refractivity contribution is 5.57. The van der Waals surface area contributed by atoms with Gasteiger partial charge >= 0.3 is 0 Å². The monoisotopic (exact) mass is 290 g/mol. The molecule has 0 saturated carbocycles. The number of benzene rings is 1. The topological polar surface area (TPSA) is 41.1 Å². The number of aryl methyl sites for hydroxylation is 1. The first-order valence-corrected chi connectivity index (χ1v) is 6.94. The largest absolute Gasteiger partial charge is 0.341 e. The third-order valence-electron chi connectivity index (χ3n) is 3.42. The quantitative estimate of drug-likeness (QED) is 0.940. The van der Waals surface area contributed by atoms with Crippen molar-refractivity contribution in [1.29, 1.82) is 0 Å². The third kappa shape index (κ3) is 3.09. The zero-order valence-electron chi connectivity index (χ0n) is 11.7. The van der Waals surface area contributed by atoms with Crippen molar-refractivity contribution >= 4 is 17.5 Å². The van der Waals surface area contributed by atoms with Crippen molar-refractivity contribution in [2.24, 2.45) is 0 Å². The number of aromatic nitrogens is 2. The van der Waals surface area contributed by atoms with Gasteiger partial charge in [0.1, 0.15) is 5.82 Å². The van der Waals surface area contributed by atoms with E-state index < -0.39 is 11.6 Å². The minimum absolute atomic E-state index is 0.458. The van der Waals surface area contributed by atoms with Crippen molar-refractivity contribution in [2.45, 2.75) is 19.8 Å². The van der Waals surface area contributed by atoms with Crippen molar-refractivity contribution in [3.63, 3.8) is 0 Å². The molecular formula is C15H16F2N4. The molecular weight excluding hydrogens is 274 g/mol. The molecule has 1 aliphatic heterocycles. The lowest BCUT2D eigenvalue weighted by Crippen LogP contribution is -2.21. The van der Waals surface area contributed by atoms with Crippen molar-refractivity contribution in [1.82, 2.24) is 9.97 Å². The molecule has 1 fully saturated rings. The molecule has 4 nitrogen and oxygen atoms in total. The Morgan fingerprint density at radius 3 is 2.52 bits per heavy atom. The summed E-state index contributed by atoms with van der Waals surface area (Å²) in [6, 6.07) is 5.46. The molecule has 2 aromatic rings. The number of halogens is 2. The minimum Gasteiger partial charge on any atom is -0.341 e. The van der Waals surface area contributed by atoms with Gasteiger partial charge in [-0.15, -0.1) is 0 Å². The predicted molar refractivity (Wildman–Crippen MR) is 77.9 cm³/mol. The van der Waals surface area contributed by atoms with Crippen LogP contribution in [0.2, 0.25) is 0 Å². The maximum Gasteiger partial charge on any atom is 0.227 e. The molecule has 2 heterocycles. The Morgan fingerprint density at radius 1 is 1.05 bits per heavy atom. The maximum absolute atomic E-state index is 13.2. The van der Waals surface area contributed by atoms with Crippen LogP contribution in [0.15, 0.2) is 24.3 Å². The number of rotatable bonds is 3. The summed E-state index contributed by atoms with van der Waals surface area (Å²) in [5.74, 6) is -0.490. The molecule has 3 rings (SSSR count). The lowest BCUT2D eigenvalue weighted by molar-refractivity contribution is 0.509. The van der Waals surface area contributed by atoms with Crippen LogP contribution in [0.3, 0.4) is 0 Å². The summed E-state index contributed by atoms with van der Waals surface area (Å²) in [4.78, 5) is 11.0.